The number of alkyl halides is 5. The van der Waals surface area contributed by atoms with Crippen LogP contribution >= 0.6 is 35.0 Å². The molecule has 0 aliphatic rings. The Labute approximate surface area is 176 Å². The molecule has 0 atom stereocenters. The summed E-state index contributed by atoms with van der Waals surface area (Å²) in [5, 5.41) is 10.5. The van der Waals surface area contributed by atoms with Crippen LogP contribution in [-0.4, -0.2) is 45.5 Å². The Morgan fingerprint density at radius 1 is 1.21 bits per heavy atom. The van der Waals surface area contributed by atoms with E-state index in [0.29, 0.717) is 19.1 Å². The van der Waals surface area contributed by atoms with Crippen LogP contribution in [0.4, 0.5) is 27.8 Å². The third-order valence-corrected chi connectivity index (χ3v) is 5.00. The van der Waals surface area contributed by atoms with Gasteiger partial charge < -0.3 is 0 Å². The summed E-state index contributed by atoms with van der Waals surface area (Å²) < 4.78 is 68.5. The minimum absolute atomic E-state index is 0.0453. The molecule has 0 radical (unpaired) electrons. The van der Waals surface area contributed by atoms with Crippen LogP contribution in [0.5, 0.6) is 0 Å². The fourth-order valence-corrected chi connectivity index (χ4v) is 3.72. The predicted octanol–water partition coefficient (Wildman–Crippen LogP) is 5.60. The van der Waals surface area contributed by atoms with Crippen LogP contribution in [0.25, 0.3) is 5.69 Å². The first-order valence-electron chi connectivity index (χ1n) is 7.61. The average molecular weight is 473 g/mol. The van der Waals surface area contributed by atoms with Crippen molar-refractivity contribution in [3.8, 4) is 11.8 Å². The zero-order chi connectivity index (χ0) is 22.3. The number of nitrogens with zero attached hydrogens (tertiary/aromatic N) is 5. The molecule has 0 N–H and O–H groups in total. The third-order valence-electron chi connectivity index (χ3n) is 3.49. The molecule has 5 nitrogen and oxygen atoms in total. The molecular weight excluding hydrogens is 460 g/mol. The standard InChI is InChI=1S/C16H13Cl2F5N5S/c1-15(19,20)29-13-11(7-24)25-28(14(13)27(4)26(2)3)12-9(17)5-8(6-10(12)18)16(21,22)23/h5-6H,4H2,1-3H3/q+1. The summed E-state index contributed by atoms with van der Waals surface area (Å²) in [6.07, 6.45) is -4.70. The molecule has 156 valence electrons. The van der Waals surface area contributed by atoms with E-state index in [0.717, 1.165) is 9.37 Å². The molecule has 1 heterocycles. The highest BCUT2D eigenvalue weighted by Gasteiger charge is 2.39. The van der Waals surface area contributed by atoms with Gasteiger partial charge in [0.25, 0.3) is 5.25 Å². The van der Waals surface area contributed by atoms with Gasteiger partial charge in [0.05, 0.1) is 22.3 Å². The van der Waals surface area contributed by atoms with Crippen molar-refractivity contribution < 1.29 is 26.6 Å². The summed E-state index contributed by atoms with van der Waals surface area (Å²) in [5.74, 6) is -0.123. The van der Waals surface area contributed by atoms with Crippen molar-refractivity contribution in [3.63, 3.8) is 0 Å². The van der Waals surface area contributed by atoms with Crippen LogP contribution in [0.15, 0.2) is 17.0 Å². The zero-order valence-corrected chi connectivity index (χ0v) is 17.5. The van der Waals surface area contributed by atoms with E-state index in [2.05, 4.69) is 11.8 Å². The smallest absolute Gasteiger partial charge is 0.250 e. The summed E-state index contributed by atoms with van der Waals surface area (Å²) in [5.41, 5.74) is -1.71. The second-order valence-corrected chi connectivity index (χ2v) is 8.11. The topological polar surface area (TPSA) is 47.9 Å². The molecule has 0 aliphatic carbocycles. The van der Waals surface area contributed by atoms with E-state index in [1.165, 1.54) is 19.1 Å². The first-order chi connectivity index (χ1) is 13.2. The molecule has 0 bridgehead atoms. The van der Waals surface area contributed by atoms with E-state index in [-0.39, 0.29) is 28.2 Å². The van der Waals surface area contributed by atoms with Gasteiger partial charge in [-0.3, -0.25) is 0 Å². The van der Waals surface area contributed by atoms with Crippen LogP contribution in [0.3, 0.4) is 0 Å². The van der Waals surface area contributed by atoms with Crippen LogP contribution in [-0.2, 0) is 6.18 Å². The Bertz CT molecular complexity index is 982. The normalized spacial score (nSPS) is 12.0. The fraction of sp³-hybridized carbons (Fsp3) is 0.312. The van der Waals surface area contributed by atoms with Crippen LogP contribution in [0.1, 0.15) is 18.2 Å². The summed E-state index contributed by atoms with van der Waals surface area (Å²) in [4.78, 5) is -0.240. The minimum Gasteiger partial charge on any atom is -0.250 e. The number of hydrogen-bond acceptors (Lipinski definition) is 4. The van der Waals surface area contributed by atoms with E-state index < -0.39 is 32.7 Å². The molecule has 0 fully saturated rings. The fourth-order valence-electron chi connectivity index (χ4n) is 2.24. The van der Waals surface area contributed by atoms with Gasteiger partial charge in [-0.15, -0.1) is 4.68 Å². The van der Waals surface area contributed by atoms with Gasteiger partial charge in [0, 0.05) is 21.0 Å². The van der Waals surface area contributed by atoms with Crippen LogP contribution < -0.4 is 0 Å². The highest BCUT2D eigenvalue weighted by molar-refractivity contribution is 8.00. The van der Waals surface area contributed by atoms with Gasteiger partial charge >= 0.3 is 12.0 Å². The van der Waals surface area contributed by atoms with E-state index in [4.69, 9.17) is 23.2 Å². The van der Waals surface area contributed by atoms with E-state index >= 15 is 0 Å². The lowest BCUT2D eigenvalue weighted by atomic mass is 10.2. The van der Waals surface area contributed by atoms with Gasteiger partial charge in [-0.05, 0) is 23.9 Å². The second kappa shape index (κ2) is 8.01. The quantitative estimate of drug-likeness (QED) is 0.187. The molecule has 0 amide bonds. The van der Waals surface area contributed by atoms with Crippen molar-refractivity contribution in [3.05, 3.63) is 33.4 Å². The number of thioether (sulfide) groups is 1. The number of benzene rings is 1. The zero-order valence-electron chi connectivity index (χ0n) is 15.2. The number of hydrazine groups is 1. The molecule has 0 unspecified atom stereocenters. The van der Waals surface area contributed by atoms with Crippen molar-refractivity contribution in [1.82, 2.24) is 14.8 Å². The van der Waals surface area contributed by atoms with Gasteiger partial charge in [-0.1, -0.05) is 33.0 Å². The predicted molar refractivity (Wildman–Crippen MR) is 101 cm³/mol. The molecular formula is C16H13Cl2F5N5S+. The van der Waals surface area contributed by atoms with Crippen molar-refractivity contribution in [1.29, 1.82) is 5.26 Å². The maximum Gasteiger partial charge on any atom is 0.416 e. The Morgan fingerprint density at radius 2 is 1.72 bits per heavy atom. The maximum absolute atomic E-state index is 13.7. The third kappa shape index (κ3) is 4.94. The number of hydrogen-bond donors (Lipinski definition) is 0. The van der Waals surface area contributed by atoms with Crippen LogP contribution in [0, 0.1) is 11.3 Å². The summed E-state index contributed by atoms with van der Waals surface area (Å²) >= 11 is 12.1. The van der Waals surface area contributed by atoms with Gasteiger partial charge in [0.1, 0.15) is 11.0 Å². The summed E-state index contributed by atoms with van der Waals surface area (Å²) in [6, 6.07) is 2.95. The molecule has 1 aromatic heterocycles. The lowest BCUT2D eigenvalue weighted by Crippen LogP contribution is -2.24. The number of aromatic nitrogens is 2. The number of nitriles is 1. The van der Waals surface area contributed by atoms with E-state index in [1.54, 1.807) is 6.07 Å². The Hall–Kier alpha value is -2.03. The van der Waals surface area contributed by atoms with Gasteiger partial charge in [-0.25, -0.2) is 5.01 Å². The van der Waals surface area contributed by atoms with Gasteiger partial charge in [0.2, 0.25) is 5.69 Å². The second-order valence-electron chi connectivity index (χ2n) is 5.97. The molecule has 0 spiro atoms. The number of hydrazone groups is 1. The molecule has 29 heavy (non-hydrogen) atoms. The SMILES string of the molecule is C=[N+](c1c(SC(C)(F)F)c(C#N)nn1-c1c(Cl)cc(C(F)(F)F)cc1Cl)N(C)C. The first kappa shape index (κ1) is 23.3. The highest BCUT2D eigenvalue weighted by Crippen LogP contribution is 2.45. The van der Waals surface area contributed by atoms with Crippen molar-refractivity contribution >= 4 is 47.5 Å². The largest absolute Gasteiger partial charge is 0.416 e. The molecule has 0 saturated heterocycles. The molecule has 2 rings (SSSR count). The molecule has 0 aliphatic heterocycles. The van der Waals surface area contributed by atoms with Crippen molar-refractivity contribution in [2.24, 2.45) is 0 Å². The van der Waals surface area contributed by atoms with E-state index in [9.17, 15) is 27.2 Å². The summed E-state index contributed by atoms with van der Waals surface area (Å²) in [7, 11) is 3.07. The molecule has 0 saturated carbocycles. The summed E-state index contributed by atoms with van der Waals surface area (Å²) in [6.45, 7) is 4.34. The monoisotopic (exact) mass is 472 g/mol. The molecule has 2 aromatic rings. The lowest BCUT2D eigenvalue weighted by Gasteiger charge is -2.16. The maximum atomic E-state index is 13.7. The average Bonchev–Trinajstić information content (AvgIpc) is 2.88. The Balaban J connectivity index is 2.87. The lowest BCUT2D eigenvalue weighted by molar-refractivity contribution is -0.607. The van der Waals surface area contributed by atoms with Gasteiger partial charge in [0.15, 0.2) is 5.69 Å². The van der Waals surface area contributed by atoms with E-state index in [1.807, 2.05) is 0 Å². The molecule has 1 aromatic carbocycles. The number of rotatable bonds is 5. The molecule has 13 heteroatoms. The Morgan fingerprint density at radius 3 is 2.10 bits per heavy atom. The Kier molecular flexibility index (Phi) is 6.42. The van der Waals surface area contributed by atoms with Gasteiger partial charge in [-0.2, -0.15) is 27.2 Å². The minimum atomic E-state index is -4.70. The van der Waals surface area contributed by atoms with Crippen molar-refractivity contribution in [2.75, 3.05) is 14.1 Å². The first-order valence-corrected chi connectivity index (χ1v) is 9.19. The van der Waals surface area contributed by atoms with Crippen LogP contribution in [0.2, 0.25) is 10.0 Å². The highest BCUT2D eigenvalue weighted by atomic mass is 35.5. The van der Waals surface area contributed by atoms with Crippen molar-refractivity contribution in [2.45, 2.75) is 23.3 Å². The number of halogens is 7.